The van der Waals surface area contributed by atoms with Crippen LogP contribution in [0.3, 0.4) is 0 Å². The topological polar surface area (TPSA) is 66.3 Å². The van der Waals surface area contributed by atoms with Crippen LogP contribution in [0.5, 0.6) is 0 Å². The van der Waals surface area contributed by atoms with Crippen LogP contribution in [0.4, 0.5) is 19.1 Å². The number of nitrogens with zero attached hydrogens (tertiary/aromatic N) is 3. The lowest BCUT2D eigenvalue weighted by Gasteiger charge is -2.19. The van der Waals surface area contributed by atoms with Crippen molar-refractivity contribution in [1.82, 2.24) is 9.97 Å². The van der Waals surface area contributed by atoms with Crippen molar-refractivity contribution in [3.63, 3.8) is 0 Å². The SMILES string of the molecule is Cc1cc(C(C)C)nc(N2C[C@H](C(=O)O)[C@@H](C(F)(F)F)C2)n1. The molecular weight excluding hydrogens is 299 g/mol. The van der Waals surface area contributed by atoms with Crippen molar-refractivity contribution in [3.8, 4) is 0 Å². The lowest BCUT2D eigenvalue weighted by atomic mass is 9.96. The minimum Gasteiger partial charge on any atom is -0.481 e. The highest BCUT2D eigenvalue weighted by atomic mass is 19.4. The molecule has 0 aromatic carbocycles. The first-order valence-corrected chi connectivity index (χ1v) is 6.99. The number of alkyl halides is 3. The van der Waals surface area contributed by atoms with Gasteiger partial charge in [-0.1, -0.05) is 13.8 Å². The zero-order chi connectivity index (χ0) is 16.7. The van der Waals surface area contributed by atoms with Crippen molar-refractivity contribution >= 4 is 11.9 Å². The van der Waals surface area contributed by atoms with E-state index in [9.17, 15) is 18.0 Å². The van der Waals surface area contributed by atoms with E-state index in [4.69, 9.17) is 5.11 Å². The van der Waals surface area contributed by atoms with Crippen molar-refractivity contribution in [1.29, 1.82) is 0 Å². The molecule has 2 heterocycles. The highest BCUT2D eigenvalue weighted by Gasteiger charge is 2.53. The number of halogens is 3. The van der Waals surface area contributed by atoms with Gasteiger partial charge in [-0.25, -0.2) is 9.97 Å². The molecule has 2 rings (SSSR count). The summed E-state index contributed by atoms with van der Waals surface area (Å²) >= 11 is 0. The van der Waals surface area contributed by atoms with E-state index in [1.807, 2.05) is 13.8 Å². The number of hydrogen-bond acceptors (Lipinski definition) is 4. The minimum absolute atomic E-state index is 0.108. The van der Waals surface area contributed by atoms with Crippen LogP contribution in [0.1, 0.15) is 31.2 Å². The molecule has 1 fully saturated rings. The zero-order valence-corrected chi connectivity index (χ0v) is 12.6. The van der Waals surface area contributed by atoms with Crippen LogP contribution in [-0.4, -0.2) is 40.3 Å². The summed E-state index contributed by atoms with van der Waals surface area (Å²) in [5, 5.41) is 9.04. The predicted molar refractivity (Wildman–Crippen MR) is 73.7 cm³/mol. The molecule has 22 heavy (non-hydrogen) atoms. The minimum atomic E-state index is -4.55. The molecule has 1 N–H and O–H groups in total. The Hall–Kier alpha value is -1.86. The molecule has 1 aliphatic rings. The number of aryl methyl sites for hydroxylation is 1. The standard InChI is InChI=1S/C14H18F3N3O2/c1-7(2)11-4-8(3)18-13(19-11)20-5-9(12(21)22)10(6-20)14(15,16)17/h4,7,9-10H,5-6H2,1-3H3,(H,21,22)/t9-,10-/m0/s1. The van der Waals surface area contributed by atoms with Crippen LogP contribution in [0.25, 0.3) is 0 Å². The fourth-order valence-corrected chi connectivity index (χ4v) is 2.56. The monoisotopic (exact) mass is 317 g/mol. The molecule has 0 radical (unpaired) electrons. The smallest absolute Gasteiger partial charge is 0.394 e. The summed E-state index contributed by atoms with van der Waals surface area (Å²) < 4.78 is 39.0. The molecule has 1 saturated heterocycles. The van der Waals surface area contributed by atoms with E-state index < -0.39 is 30.5 Å². The number of carboxylic acids is 1. The van der Waals surface area contributed by atoms with Gasteiger partial charge in [-0.3, -0.25) is 4.79 Å². The molecular formula is C14H18F3N3O2. The Morgan fingerprint density at radius 3 is 2.45 bits per heavy atom. The number of anilines is 1. The van der Waals surface area contributed by atoms with Crippen LogP contribution >= 0.6 is 0 Å². The third kappa shape index (κ3) is 3.31. The maximum Gasteiger partial charge on any atom is 0.394 e. The lowest BCUT2D eigenvalue weighted by molar-refractivity contribution is -0.187. The number of carboxylic acid groups (broad SMARTS) is 1. The van der Waals surface area contributed by atoms with Crippen LogP contribution in [-0.2, 0) is 4.79 Å². The molecule has 0 saturated carbocycles. The van der Waals surface area contributed by atoms with E-state index in [2.05, 4.69) is 9.97 Å². The van der Waals surface area contributed by atoms with Gasteiger partial charge in [0, 0.05) is 24.5 Å². The van der Waals surface area contributed by atoms with E-state index >= 15 is 0 Å². The largest absolute Gasteiger partial charge is 0.481 e. The van der Waals surface area contributed by atoms with Gasteiger partial charge < -0.3 is 10.0 Å². The molecule has 8 heteroatoms. The molecule has 0 spiro atoms. The van der Waals surface area contributed by atoms with Gasteiger partial charge in [0.05, 0.1) is 11.8 Å². The Bertz CT molecular complexity index is 575. The highest BCUT2D eigenvalue weighted by Crippen LogP contribution is 2.38. The lowest BCUT2D eigenvalue weighted by Crippen LogP contribution is -2.33. The van der Waals surface area contributed by atoms with Crippen molar-refractivity contribution < 1.29 is 23.1 Å². The summed E-state index contributed by atoms with van der Waals surface area (Å²) in [7, 11) is 0. The predicted octanol–water partition coefficient (Wildman–Crippen LogP) is 2.61. The summed E-state index contributed by atoms with van der Waals surface area (Å²) in [6.45, 7) is 4.92. The van der Waals surface area contributed by atoms with E-state index in [-0.39, 0.29) is 18.4 Å². The summed E-state index contributed by atoms with van der Waals surface area (Å²) in [6, 6.07) is 1.78. The van der Waals surface area contributed by atoms with Gasteiger partial charge in [-0.15, -0.1) is 0 Å². The quantitative estimate of drug-likeness (QED) is 0.928. The van der Waals surface area contributed by atoms with Gasteiger partial charge >= 0.3 is 12.1 Å². The molecule has 0 aliphatic carbocycles. The molecule has 1 aromatic rings. The van der Waals surface area contributed by atoms with Crippen LogP contribution < -0.4 is 4.90 Å². The third-order valence-corrected chi connectivity index (χ3v) is 3.79. The number of aliphatic carboxylic acids is 1. The van der Waals surface area contributed by atoms with Crippen molar-refractivity contribution in [2.75, 3.05) is 18.0 Å². The number of aromatic nitrogens is 2. The first-order valence-electron chi connectivity index (χ1n) is 6.99. The van der Waals surface area contributed by atoms with Crippen LogP contribution in [0, 0.1) is 18.8 Å². The summed E-state index contributed by atoms with van der Waals surface area (Å²) in [5.41, 5.74) is 1.38. The second kappa shape index (κ2) is 5.73. The molecule has 2 atom stereocenters. The molecule has 0 unspecified atom stereocenters. The summed E-state index contributed by atoms with van der Waals surface area (Å²) in [5.74, 6) is -4.57. The first-order chi connectivity index (χ1) is 10.1. The molecule has 0 amide bonds. The Labute approximate surface area is 126 Å². The summed E-state index contributed by atoms with van der Waals surface area (Å²) in [4.78, 5) is 20.9. The van der Waals surface area contributed by atoms with Gasteiger partial charge in [-0.2, -0.15) is 13.2 Å². The maximum absolute atomic E-state index is 13.0. The number of hydrogen-bond donors (Lipinski definition) is 1. The Morgan fingerprint density at radius 2 is 2.00 bits per heavy atom. The van der Waals surface area contributed by atoms with Gasteiger partial charge in [0.1, 0.15) is 0 Å². The van der Waals surface area contributed by atoms with Crippen molar-refractivity contribution in [3.05, 3.63) is 17.5 Å². The van der Waals surface area contributed by atoms with Crippen molar-refractivity contribution in [2.24, 2.45) is 11.8 Å². The second-order valence-corrected chi connectivity index (χ2v) is 5.89. The van der Waals surface area contributed by atoms with Gasteiger partial charge in [0.2, 0.25) is 5.95 Å². The Balaban J connectivity index is 2.33. The van der Waals surface area contributed by atoms with Gasteiger partial charge in [0.25, 0.3) is 0 Å². The highest BCUT2D eigenvalue weighted by molar-refractivity contribution is 5.72. The zero-order valence-electron chi connectivity index (χ0n) is 12.6. The first kappa shape index (κ1) is 16.5. The maximum atomic E-state index is 13.0. The van der Waals surface area contributed by atoms with Crippen LogP contribution in [0.2, 0.25) is 0 Å². The number of rotatable bonds is 3. The fourth-order valence-electron chi connectivity index (χ4n) is 2.56. The average Bonchev–Trinajstić information content (AvgIpc) is 2.82. The van der Waals surface area contributed by atoms with E-state index in [1.165, 1.54) is 4.90 Å². The molecule has 1 aromatic heterocycles. The number of carbonyl (C=O) groups is 1. The van der Waals surface area contributed by atoms with Crippen LogP contribution in [0.15, 0.2) is 6.07 Å². The van der Waals surface area contributed by atoms with Gasteiger partial charge in [0.15, 0.2) is 0 Å². The average molecular weight is 317 g/mol. The third-order valence-electron chi connectivity index (χ3n) is 3.79. The van der Waals surface area contributed by atoms with E-state index in [0.29, 0.717) is 5.69 Å². The molecule has 5 nitrogen and oxygen atoms in total. The second-order valence-electron chi connectivity index (χ2n) is 5.89. The Morgan fingerprint density at radius 1 is 1.36 bits per heavy atom. The Kier molecular flexibility index (Phi) is 4.30. The van der Waals surface area contributed by atoms with Crippen molar-refractivity contribution in [2.45, 2.75) is 32.9 Å². The molecule has 122 valence electrons. The fraction of sp³-hybridized carbons (Fsp3) is 0.643. The molecule has 0 bridgehead atoms. The summed E-state index contributed by atoms with van der Waals surface area (Å²) in [6.07, 6.45) is -4.55. The molecule has 1 aliphatic heterocycles. The van der Waals surface area contributed by atoms with Gasteiger partial charge in [-0.05, 0) is 18.9 Å². The van der Waals surface area contributed by atoms with E-state index in [0.717, 1.165) is 5.69 Å². The van der Waals surface area contributed by atoms with E-state index in [1.54, 1.807) is 13.0 Å². The normalized spacial score (nSPS) is 22.4.